The van der Waals surface area contributed by atoms with Gasteiger partial charge in [0.15, 0.2) is 0 Å². The van der Waals surface area contributed by atoms with E-state index in [0.29, 0.717) is 24.5 Å². The molecule has 0 aliphatic carbocycles. The molecule has 2 heterocycles. The SMILES string of the molecule is Cn1c(NCC(N)Cc2ccccc2)nc(-c2ccncc2)c(NC(=O)O)c1=O. The van der Waals surface area contributed by atoms with Gasteiger partial charge in [0.1, 0.15) is 11.4 Å². The molecule has 5 N–H and O–H groups in total. The third-order valence-electron chi connectivity index (χ3n) is 4.34. The molecule has 0 saturated heterocycles. The third kappa shape index (κ3) is 4.96. The van der Waals surface area contributed by atoms with E-state index in [0.717, 1.165) is 5.56 Å². The fourth-order valence-corrected chi connectivity index (χ4v) is 2.91. The average Bonchev–Trinajstić information content (AvgIpc) is 2.72. The molecule has 1 atom stereocenters. The van der Waals surface area contributed by atoms with E-state index in [1.807, 2.05) is 30.3 Å². The number of amides is 1. The fourth-order valence-electron chi connectivity index (χ4n) is 2.91. The van der Waals surface area contributed by atoms with E-state index in [9.17, 15) is 9.59 Å². The summed E-state index contributed by atoms with van der Waals surface area (Å²) in [4.78, 5) is 32.3. The number of carbonyl (C=O) groups is 1. The number of carboxylic acid groups (broad SMARTS) is 1. The van der Waals surface area contributed by atoms with Crippen molar-refractivity contribution >= 4 is 17.7 Å². The molecule has 150 valence electrons. The highest BCUT2D eigenvalue weighted by atomic mass is 16.4. The maximum absolute atomic E-state index is 12.8. The van der Waals surface area contributed by atoms with Crippen molar-refractivity contribution in [3.8, 4) is 11.3 Å². The van der Waals surface area contributed by atoms with Crippen LogP contribution in [0.5, 0.6) is 0 Å². The summed E-state index contributed by atoms with van der Waals surface area (Å²) in [6, 6.07) is 13.0. The number of pyridine rings is 1. The monoisotopic (exact) mass is 394 g/mol. The maximum atomic E-state index is 12.8. The first-order valence-electron chi connectivity index (χ1n) is 9.00. The number of rotatable bonds is 7. The van der Waals surface area contributed by atoms with Crippen molar-refractivity contribution in [3.63, 3.8) is 0 Å². The molecule has 0 aliphatic rings. The van der Waals surface area contributed by atoms with Crippen molar-refractivity contribution < 1.29 is 9.90 Å². The molecular weight excluding hydrogens is 372 g/mol. The Hall–Kier alpha value is -3.72. The number of aromatic nitrogens is 3. The molecule has 29 heavy (non-hydrogen) atoms. The normalized spacial score (nSPS) is 11.7. The van der Waals surface area contributed by atoms with Gasteiger partial charge in [-0.05, 0) is 24.1 Å². The fraction of sp³-hybridized carbons (Fsp3) is 0.200. The first-order valence-corrected chi connectivity index (χ1v) is 9.00. The van der Waals surface area contributed by atoms with Crippen molar-refractivity contribution in [2.45, 2.75) is 12.5 Å². The van der Waals surface area contributed by atoms with E-state index in [1.54, 1.807) is 24.5 Å². The van der Waals surface area contributed by atoms with E-state index in [2.05, 4.69) is 20.6 Å². The summed E-state index contributed by atoms with van der Waals surface area (Å²) in [5.41, 5.74) is 7.47. The third-order valence-corrected chi connectivity index (χ3v) is 4.34. The quantitative estimate of drug-likeness (QED) is 0.481. The highest BCUT2D eigenvalue weighted by molar-refractivity contribution is 5.89. The molecule has 0 radical (unpaired) electrons. The van der Waals surface area contributed by atoms with E-state index >= 15 is 0 Å². The Morgan fingerprint density at radius 3 is 2.55 bits per heavy atom. The Morgan fingerprint density at radius 2 is 1.90 bits per heavy atom. The van der Waals surface area contributed by atoms with Crippen molar-refractivity contribution in [1.29, 1.82) is 0 Å². The van der Waals surface area contributed by atoms with Crippen molar-refractivity contribution in [2.24, 2.45) is 12.8 Å². The molecular formula is C20H22N6O3. The van der Waals surface area contributed by atoms with Gasteiger partial charge in [-0.2, -0.15) is 0 Å². The van der Waals surface area contributed by atoms with Gasteiger partial charge in [-0.1, -0.05) is 30.3 Å². The topological polar surface area (TPSA) is 135 Å². The highest BCUT2D eigenvalue weighted by Crippen LogP contribution is 2.24. The van der Waals surface area contributed by atoms with Gasteiger partial charge in [0, 0.05) is 37.6 Å². The first-order chi connectivity index (χ1) is 14.0. The van der Waals surface area contributed by atoms with Gasteiger partial charge in [-0.3, -0.25) is 19.7 Å². The number of hydrogen-bond acceptors (Lipinski definition) is 6. The molecule has 9 nitrogen and oxygen atoms in total. The van der Waals surface area contributed by atoms with E-state index < -0.39 is 11.7 Å². The molecule has 9 heteroatoms. The zero-order chi connectivity index (χ0) is 20.8. The Balaban J connectivity index is 1.88. The van der Waals surface area contributed by atoms with Crippen LogP contribution in [0.3, 0.4) is 0 Å². The first kappa shape index (κ1) is 20.0. The number of nitrogens with two attached hydrogens (primary N) is 1. The molecule has 3 aromatic rings. The summed E-state index contributed by atoms with van der Waals surface area (Å²) in [7, 11) is 1.52. The lowest BCUT2D eigenvalue weighted by atomic mass is 10.1. The standard InChI is InChI=1S/C20H22N6O3/c1-26-18(27)17(25-20(28)29)16(14-7-9-22-10-8-14)24-19(26)23-12-15(21)11-13-5-3-2-4-6-13/h2-10,15,25H,11-12,21H2,1H3,(H,23,24)(H,28,29). The van der Waals surface area contributed by atoms with E-state index in [4.69, 9.17) is 10.8 Å². The van der Waals surface area contributed by atoms with E-state index in [-0.39, 0.29) is 17.4 Å². The molecule has 1 aromatic carbocycles. The van der Waals surface area contributed by atoms with Crippen molar-refractivity contribution in [3.05, 3.63) is 70.8 Å². The minimum absolute atomic E-state index is 0.120. The summed E-state index contributed by atoms with van der Waals surface area (Å²) in [5, 5.41) is 14.4. The van der Waals surface area contributed by atoms with E-state index in [1.165, 1.54) is 11.6 Å². The summed E-state index contributed by atoms with van der Waals surface area (Å²) in [6.07, 6.45) is 2.41. The van der Waals surface area contributed by atoms with Crippen LogP contribution in [0.15, 0.2) is 59.7 Å². The van der Waals surface area contributed by atoms with Gasteiger partial charge in [0.25, 0.3) is 5.56 Å². The summed E-state index contributed by atoms with van der Waals surface area (Å²) in [6.45, 7) is 0.386. The minimum Gasteiger partial charge on any atom is -0.465 e. The Morgan fingerprint density at radius 1 is 1.21 bits per heavy atom. The Kier molecular flexibility index (Phi) is 6.20. The number of hydrogen-bond donors (Lipinski definition) is 4. The summed E-state index contributed by atoms with van der Waals surface area (Å²) < 4.78 is 1.26. The zero-order valence-corrected chi connectivity index (χ0v) is 15.9. The number of nitrogens with zero attached hydrogens (tertiary/aromatic N) is 3. The van der Waals surface area contributed by atoms with Crippen LogP contribution in [-0.2, 0) is 13.5 Å². The lowest BCUT2D eigenvalue weighted by Crippen LogP contribution is -2.34. The molecule has 0 saturated carbocycles. The molecule has 0 aliphatic heterocycles. The molecule has 0 bridgehead atoms. The van der Waals surface area contributed by atoms with Gasteiger partial charge in [0.2, 0.25) is 5.95 Å². The maximum Gasteiger partial charge on any atom is 0.409 e. The van der Waals surface area contributed by atoms with Crippen LogP contribution in [0.1, 0.15) is 5.56 Å². The molecule has 0 fully saturated rings. The van der Waals surface area contributed by atoms with Crippen LogP contribution < -0.4 is 21.9 Å². The van der Waals surface area contributed by atoms with Crippen LogP contribution >= 0.6 is 0 Å². The predicted octanol–water partition coefficient (Wildman–Crippen LogP) is 1.91. The molecule has 1 unspecified atom stereocenters. The van der Waals surface area contributed by atoms with Crippen LogP contribution in [0.25, 0.3) is 11.3 Å². The Bertz CT molecular complexity index is 1040. The second kappa shape index (κ2) is 8.98. The van der Waals surface area contributed by atoms with Gasteiger partial charge in [-0.15, -0.1) is 0 Å². The number of benzene rings is 1. The zero-order valence-electron chi connectivity index (χ0n) is 15.9. The molecule has 0 spiro atoms. The summed E-state index contributed by atoms with van der Waals surface area (Å²) in [5.74, 6) is 0.293. The van der Waals surface area contributed by atoms with Crippen LogP contribution in [0.2, 0.25) is 0 Å². The molecule has 2 aromatic heterocycles. The van der Waals surface area contributed by atoms with Crippen LogP contribution in [0.4, 0.5) is 16.4 Å². The average molecular weight is 394 g/mol. The Labute approximate surface area is 167 Å². The van der Waals surface area contributed by atoms with Gasteiger partial charge >= 0.3 is 6.09 Å². The second-order valence-electron chi connectivity index (χ2n) is 6.52. The lowest BCUT2D eigenvalue weighted by Gasteiger charge is -2.17. The van der Waals surface area contributed by atoms with Crippen LogP contribution in [0, 0.1) is 0 Å². The second-order valence-corrected chi connectivity index (χ2v) is 6.52. The summed E-state index contributed by atoms with van der Waals surface area (Å²) >= 11 is 0. The largest absolute Gasteiger partial charge is 0.465 e. The highest BCUT2D eigenvalue weighted by Gasteiger charge is 2.18. The molecule has 3 rings (SSSR count). The smallest absolute Gasteiger partial charge is 0.409 e. The van der Waals surface area contributed by atoms with Gasteiger partial charge in [-0.25, -0.2) is 9.78 Å². The predicted molar refractivity (Wildman–Crippen MR) is 111 cm³/mol. The van der Waals surface area contributed by atoms with Gasteiger partial charge < -0.3 is 16.2 Å². The van der Waals surface area contributed by atoms with Gasteiger partial charge in [0.05, 0.1) is 0 Å². The van der Waals surface area contributed by atoms with Crippen molar-refractivity contribution in [1.82, 2.24) is 14.5 Å². The minimum atomic E-state index is -1.34. The van der Waals surface area contributed by atoms with Crippen molar-refractivity contribution in [2.75, 3.05) is 17.2 Å². The van der Waals surface area contributed by atoms with Crippen LogP contribution in [-0.4, -0.2) is 38.3 Å². The lowest BCUT2D eigenvalue weighted by molar-refractivity contribution is 0.209. The molecule has 1 amide bonds. The number of nitrogens with one attached hydrogen (secondary N) is 2. The number of anilines is 2.